The summed E-state index contributed by atoms with van der Waals surface area (Å²) in [6.07, 6.45) is 0. The SMILES string of the molecule is CN(CCOc1ccccc1F)C(=O)C(C)(C)N. The van der Waals surface area contributed by atoms with Gasteiger partial charge in [0.25, 0.3) is 0 Å². The average molecular weight is 254 g/mol. The lowest BCUT2D eigenvalue weighted by Crippen LogP contribution is -2.50. The van der Waals surface area contributed by atoms with Crippen molar-refractivity contribution in [2.75, 3.05) is 20.2 Å². The molecular weight excluding hydrogens is 235 g/mol. The number of likely N-dealkylation sites (N-methyl/N-ethyl adjacent to an activating group) is 1. The predicted molar refractivity (Wildman–Crippen MR) is 67.8 cm³/mol. The molecule has 0 aliphatic heterocycles. The molecule has 0 saturated carbocycles. The van der Waals surface area contributed by atoms with Crippen LogP contribution in [0.15, 0.2) is 24.3 Å². The maximum atomic E-state index is 13.2. The van der Waals surface area contributed by atoms with E-state index in [1.165, 1.54) is 11.0 Å². The molecule has 100 valence electrons. The van der Waals surface area contributed by atoms with Gasteiger partial charge in [0.2, 0.25) is 5.91 Å². The van der Waals surface area contributed by atoms with E-state index in [0.29, 0.717) is 6.54 Å². The van der Waals surface area contributed by atoms with Crippen molar-refractivity contribution in [1.82, 2.24) is 4.90 Å². The number of halogens is 1. The summed E-state index contributed by atoms with van der Waals surface area (Å²) in [4.78, 5) is 13.2. The second-order valence-corrected chi connectivity index (χ2v) is 4.73. The van der Waals surface area contributed by atoms with E-state index in [2.05, 4.69) is 0 Å². The van der Waals surface area contributed by atoms with Gasteiger partial charge in [-0.3, -0.25) is 4.79 Å². The van der Waals surface area contributed by atoms with Crippen molar-refractivity contribution in [3.63, 3.8) is 0 Å². The number of hydrogen-bond donors (Lipinski definition) is 1. The number of rotatable bonds is 5. The van der Waals surface area contributed by atoms with E-state index in [-0.39, 0.29) is 18.3 Å². The van der Waals surface area contributed by atoms with E-state index in [1.54, 1.807) is 39.1 Å². The van der Waals surface area contributed by atoms with Gasteiger partial charge >= 0.3 is 0 Å². The molecule has 0 radical (unpaired) electrons. The van der Waals surface area contributed by atoms with Crippen LogP contribution in [0.5, 0.6) is 5.75 Å². The van der Waals surface area contributed by atoms with E-state index >= 15 is 0 Å². The average Bonchev–Trinajstić information content (AvgIpc) is 2.29. The number of benzene rings is 1. The molecule has 0 aromatic heterocycles. The van der Waals surface area contributed by atoms with Crippen LogP contribution in [0.3, 0.4) is 0 Å². The van der Waals surface area contributed by atoms with Gasteiger partial charge in [-0.05, 0) is 26.0 Å². The number of nitrogens with two attached hydrogens (primary N) is 1. The zero-order chi connectivity index (χ0) is 13.8. The van der Waals surface area contributed by atoms with Crippen molar-refractivity contribution in [2.24, 2.45) is 5.73 Å². The topological polar surface area (TPSA) is 55.6 Å². The van der Waals surface area contributed by atoms with Gasteiger partial charge in [0, 0.05) is 7.05 Å². The lowest BCUT2D eigenvalue weighted by atomic mass is 10.1. The zero-order valence-electron chi connectivity index (χ0n) is 10.9. The predicted octanol–water partition coefficient (Wildman–Crippen LogP) is 1.40. The first-order valence-corrected chi connectivity index (χ1v) is 5.74. The maximum absolute atomic E-state index is 13.2. The summed E-state index contributed by atoms with van der Waals surface area (Å²) in [5.74, 6) is -0.407. The van der Waals surface area contributed by atoms with Crippen LogP contribution < -0.4 is 10.5 Å². The summed E-state index contributed by atoms with van der Waals surface area (Å²) in [6, 6.07) is 6.16. The zero-order valence-corrected chi connectivity index (χ0v) is 10.9. The van der Waals surface area contributed by atoms with E-state index in [1.807, 2.05) is 0 Å². The molecule has 5 heteroatoms. The van der Waals surface area contributed by atoms with Gasteiger partial charge < -0.3 is 15.4 Å². The molecule has 0 aliphatic carbocycles. The first-order chi connectivity index (χ1) is 8.32. The molecule has 18 heavy (non-hydrogen) atoms. The Morgan fingerprint density at radius 2 is 2.06 bits per heavy atom. The molecule has 1 rings (SSSR count). The normalized spacial score (nSPS) is 11.2. The molecule has 1 aromatic rings. The fraction of sp³-hybridized carbons (Fsp3) is 0.462. The Bertz CT molecular complexity index is 416. The van der Waals surface area contributed by atoms with Crippen molar-refractivity contribution in [1.29, 1.82) is 0 Å². The molecule has 0 atom stereocenters. The fourth-order valence-corrected chi connectivity index (χ4v) is 1.45. The third kappa shape index (κ3) is 4.00. The summed E-state index contributed by atoms with van der Waals surface area (Å²) in [5.41, 5.74) is 4.78. The number of para-hydroxylation sites is 1. The Labute approximate surface area is 107 Å². The van der Waals surface area contributed by atoms with Gasteiger partial charge in [-0.25, -0.2) is 4.39 Å². The first-order valence-electron chi connectivity index (χ1n) is 5.74. The maximum Gasteiger partial charge on any atom is 0.241 e. The molecule has 2 N–H and O–H groups in total. The second kappa shape index (κ2) is 5.82. The summed E-state index contributed by atoms with van der Waals surface area (Å²) < 4.78 is 18.5. The Morgan fingerprint density at radius 1 is 1.44 bits per heavy atom. The van der Waals surface area contributed by atoms with Gasteiger partial charge in [-0.2, -0.15) is 0 Å². The van der Waals surface area contributed by atoms with Crippen molar-refractivity contribution in [3.05, 3.63) is 30.1 Å². The van der Waals surface area contributed by atoms with Gasteiger partial charge in [0.15, 0.2) is 11.6 Å². The van der Waals surface area contributed by atoms with Gasteiger partial charge in [0.1, 0.15) is 6.61 Å². The Balaban J connectivity index is 2.43. The molecule has 0 aliphatic rings. The van der Waals surface area contributed by atoms with E-state index in [0.717, 1.165) is 0 Å². The van der Waals surface area contributed by atoms with E-state index in [9.17, 15) is 9.18 Å². The van der Waals surface area contributed by atoms with Crippen LogP contribution in [0.1, 0.15) is 13.8 Å². The number of carbonyl (C=O) groups is 1. The van der Waals surface area contributed by atoms with Crippen LogP contribution in [0.25, 0.3) is 0 Å². The molecule has 0 heterocycles. The third-order valence-electron chi connectivity index (χ3n) is 2.42. The van der Waals surface area contributed by atoms with Crippen LogP contribution in [0.2, 0.25) is 0 Å². The lowest BCUT2D eigenvalue weighted by Gasteiger charge is -2.25. The Hall–Kier alpha value is -1.62. The summed E-state index contributed by atoms with van der Waals surface area (Å²) in [7, 11) is 1.64. The molecule has 0 spiro atoms. The number of hydrogen-bond acceptors (Lipinski definition) is 3. The highest BCUT2D eigenvalue weighted by molar-refractivity contribution is 5.84. The lowest BCUT2D eigenvalue weighted by molar-refractivity contribution is -0.134. The van der Waals surface area contributed by atoms with E-state index in [4.69, 9.17) is 10.5 Å². The highest BCUT2D eigenvalue weighted by atomic mass is 19.1. The minimum absolute atomic E-state index is 0.181. The Kier molecular flexibility index (Phi) is 4.67. The standard InChI is InChI=1S/C13H19FN2O2/c1-13(2,15)12(17)16(3)8-9-18-11-7-5-4-6-10(11)14/h4-7H,8-9,15H2,1-3H3. The van der Waals surface area contributed by atoms with Gasteiger partial charge in [-0.15, -0.1) is 0 Å². The molecule has 0 fully saturated rings. The third-order valence-corrected chi connectivity index (χ3v) is 2.42. The largest absolute Gasteiger partial charge is 0.489 e. The molecule has 4 nitrogen and oxygen atoms in total. The molecule has 0 saturated heterocycles. The van der Waals surface area contributed by atoms with Gasteiger partial charge in [-0.1, -0.05) is 12.1 Å². The van der Waals surface area contributed by atoms with Crippen LogP contribution >= 0.6 is 0 Å². The fourth-order valence-electron chi connectivity index (χ4n) is 1.45. The monoisotopic (exact) mass is 254 g/mol. The quantitative estimate of drug-likeness (QED) is 0.864. The van der Waals surface area contributed by atoms with Gasteiger partial charge in [0.05, 0.1) is 12.1 Å². The van der Waals surface area contributed by atoms with E-state index < -0.39 is 11.4 Å². The second-order valence-electron chi connectivity index (χ2n) is 4.73. The molecule has 1 amide bonds. The van der Waals surface area contributed by atoms with Crippen molar-refractivity contribution in [2.45, 2.75) is 19.4 Å². The Morgan fingerprint density at radius 3 is 2.61 bits per heavy atom. The minimum Gasteiger partial charge on any atom is -0.489 e. The number of carbonyl (C=O) groups excluding carboxylic acids is 1. The number of ether oxygens (including phenoxy) is 1. The molecular formula is C13H19FN2O2. The molecule has 0 bridgehead atoms. The van der Waals surface area contributed by atoms with Crippen molar-refractivity contribution in [3.8, 4) is 5.75 Å². The first kappa shape index (κ1) is 14.4. The summed E-state index contributed by atoms with van der Waals surface area (Å²) in [5, 5.41) is 0. The van der Waals surface area contributed by atoms with Crippen LogP contribution in [0.4, 0.5) is 4.39 Å². The van der Waals surface area contributed by atoms with Crippen molar-refractivity contribution >= 4 is 5.91 Å². The highest BCUT2D eigenvalue weighted by Gasteiger charge is 2.25. The summed E-state index contributed by atoms with van der Waals surface area (Å²) in [6.45, 7) is 3.86. The summed E-state index contributed by atoms with van der Waals surface area (Å²) >= 11 is 0. The smallest absolute Gasteiger partial charge is 0.241 e. The minimum atomic E-state index is -0.910. The van der Waals surface area contributed by atoms with Crippen LogP contribution in [-0.2, 0) is 4.79 Å². The van der Waals surface area contributed by atoms with Crippen LogP contribution in [-0.4, -0.2) is 36.5 Å². The van der Waals surface area contributed by atoms with Crippen molar-refractivity contribution < 1.29 is 13.9 Å². The van der Waals surface area contributed by atoms with Crippen LogP contribution in [0, 0.1) is 5.82 Å². The number of nitrogens with zero attached hydrogens (tertiary/aromatic N) is 1. The highest BCUT2D eigenvalue weighted by Crippen LogP contribution is 2.15. The molecule has 1 aromatic carbocycles. The number of amides is 1. The molecule has 0 unspecified atom stereocenters.